The van der Waals surface area contributed by atoms with E-state index >= 15 is 0 Å². The molecule has 0 spiro atoms. The molecule has 2 rings (SSSR count). The first-order valence-corrected chi connectivity index (χ1v) is 7.16. The summed E-state index contributed by atoms with van der Waals surface area (Å²) in [6, 6.07) is 4.88. The molecule has 4 nitrogen and oxygen atoms in total. The fourth-order valence-corrected chi connectivity index (χ4v) is 2.59. The second-order valence-corrected chi connectivity index (χ2v) is 5.44. The van der Waals surface area contributed by atoms with Crippen LogP contribution >= 0.6 is 0 Å². The Balaban J connectivity index is 2.01. The summed E-state index contributed by atoms with van der Waals surface area (Å²) in [6.07, 6.45) is 5.19. The minimum absolute atomic E-state index is 0.230. The maximum Gasteiger partial charge on any atom is 0.128 e. The smallest absolute Gasteiger partial charge is 0.128 e. The Kier molecular flexibility index (Phi) is 4.77. The summed E-state index contributed by atoms with van der Waals surface area (Å²) in [7, 11) is 2.09. The first-order chi connectivity index (χ1) is 9.11. The number of anilines is 1. The number of hydrogen-bond donors (Lipinski definition) is 1. The average Bonchev–Trinajstić information content (AvgIpc) is 2.85. The van der Waals surface area contributed by atoms with Crippen LogP contribution in [0.1, 0.15) is 32.3 Å². The SMILES string of the molecule is CCC(N)Cc1ccc(N(C)C2CCOC2C)nc1. The Morgan fingerprint density at radius 1 is 1.53 bits per heavy atom. The van der Waals surface area contributed by atoms with Crippen molar-refractivity contribution in [3.63, 3.8) is 0 Å². The lowest BCUT2D eigenvalue weighted by atomic mass is 10.1. The Morgan fingerprint density at radius 3 is 2.84 bits per heavy atom. The molecule has 0 aromatic carbocycles. The van der Waals surface area contributed by atoms with E-state index in [1.165, 1.54) is 5.56 Å². The first kappa shape index (κ1) is 14.3. The van der Waals surface area contributed by atoms with E-state index < -0.39 is 0 Å². The Labute approximate surface area is 116 Å². The van der Waals surface area contributed by atoms with Crippen LogP contribution in [0.4, 0.5) is 5.82 Å². The highest BCUT2D eigenvalue weighted by atomic mass is 16.5. The van der Waals surface area contributed by atoms with E-state index in [1.54, 1.807) is 0 Å². The van der Waals surface area contributed by atoms with Crippen molar-refractivity contribution >= 4 is 5.82 Å². The van der Waals surface area contributed by atoms with Gasteiger partial charge in [0, 0.05) is 25.9 Å². The third-order valence-electron chi connectivity index (χ3n) is 4.03. The minimum Gasteiger partial charge on any atom is -0.376 e. The number of nitrogens with two attached hydrogens (primary N) is 1. The van der Waals surface area contributed by atoms with E-state index in [4.69, 9.17) is 10.5 Å². The normalized spacial score (nSPS) is 24.4. The molecule has 0 amide bonds. The lowest BCUT2D eigenvalue weighted by molar-refractivity contribution is 0.118. The number of hydrogen-bond acceptors (Lipinski definition) is 4. The van der Waals surface area contributed by atoms with E-state index in [0.717, 1.165) is 31.7 Å². The molecule has 1 aromatic rings. The van der Waals surface area contributed by atoms with E-state index in [9.17, 15) is 0 Å². The molecule has 0 saturated carbocycles. The molecular formula is C15H25N3O. The van der Waals surface area contributed by atoms with E-state index in [-0.39, 0.29) is 12.1 Å². The highest BCUT2D eigenvalue weighted by molar-refractivity contribution is 5.40. The summed E-state index contributed by atoms with van der Waals surface area (Å²) < 4.78 is 5.61. The zero-order valence-corrected chi connectivity index (χ0v) is 12.2. The molecule has 1 aliphatic rings. The van der Waals surface area contributed by atoms with E-state index in [1.807, 2.05) is 6.20 Å². The second kappa shape index (κ2) is 6.35. The van der Waals surface area contributed by atoms with Crippen LogP contribution in [0.25, 0.3) is 0 Å². The summed E-state index contributed by atoms with van der Waals surface area (Å²) in [6.45, 7) is 5.09. The fraction of sp³-hybridized carbons (Fsp3) is 0.667. The highest BCUT2D eigenvalue weighted by Gasteiger charge is 2.28. The zero-order chi connectivity index (χ0) is 13.8. The third kappa shape index (κ3) is 3.45. The van der Waals surface area contributed by atoms with Crippen LogP contribution in [0.2, 0.25) is 0 Å². The molecule has 0 aliphatic carbocycles. The maximum absolute atomic E-state index is 5.97. The van der Waals surface area contributed by atoms with Crippen molar-refractivity contribution < 1.29 is 4.74 Å². The molecular weight excluding hydrogens is 238 g/mol. The van der Waals surface area contributed by atoms with Gasteiger partial charge in [-0.2, -0.15) is 0 Å². The van der Waals surface area contributed by atoms with Crippen molar-refractivity contribution in [1.82, 2.24) is 4.98 Å². The van der Waals surface area contributed by atoms with Gasteiger partial charge < -0.3 is 15.4 Å². The van der Waals surface area contributed by atoms with Crippen molar-refractivity contribution in [3.8, 4) is 0 Å². The predicted molar refractivity (Wildman–Crippen MR) is 78.4 cm³/mol. The van der Waals surface area contributed by atoms with Gasteiger partial charge in [0.15, 0.2) is 0 Å². The topological polar surface area (TPSA) is 51.4 Å². The van der Waals surface area contributed by atoms with Crippen LogP contribution in [-0.2, 0) is 11.2 Å². The lowest BCUT2D eigenvalue weighted by Gasteiger charge is -2.27. The fourth-order valence-electron chi connectivity index (χ4n) is 2.59. The molecule has 4 heteroatoms. The third-order valence-corrected chi connectivity index (χ3v) is 4.03. The van der Waals surface area contributed by atoms with Gasteiger partial charge in [-0.15, -0.1) is 0 Å². The number of nitrogens with zero attached hydrogens (tertiary/aromatic N) is 2. The largest absolute Gasteiger partial charge is 0.376 e. The molecule has 3 unspecified atom stereocenters. The summed E-state index contributed by atoms with van der Waals surface area (Å²) in [4.78, 5) is 6.78. The second-order valence-electron chi connectivity index (χ2n) is 5.44. The number of rotatable bonds is 5. The molecule has 19 heavy (non-hydrogen) atoms. The molecule has 106 valence electrons. The number of likely N-dealkylation sites (N-methyl/N-ethyl adjacent to an activating group) is 1. The number of pyridine rings is 1. The minimum atomic E-state index is 0.230. The van der Waals surface area contributed by atoms with Crippen LogP contribution in [0.3, 0.4) is 0 Å². The molecule has 1 aromatic heterocycles. The van der Waals surface area contributed by atoms with Gasteiger partial charge in [0.05, 0.1) is 12.1 Å². The van der Waals surface area contributed by atoms with Crippen molar-refractivity contribution in [2.45, 2.75) is 51.3 Å². The van der Waals surface area contributed by atoms with Gasteiger partial charge in [-0.1, -0.05) is 13.0 Å². The first-order valence-electron chi connectivity index (χ1n) is 7.16. The molecule has 3 atom stereocenters. The van der Waals surface area contributed by atoms with Gasteiger partial charge in [-0.05, 0) is 37.8 Å². The van der Waals surface area contributed by atoms with Gasteiger partial charge in [-0.3, -0.25) is 0 Å². The Morgan fingerprint density at radius 2 is 2.32 bits per heavy atom. The molecule has 0 radical (unpaired) electrons. The van der Waals surface area contributed by atoms with E-state index in [0.29, 0.717) is 6.04 Å². The summed E-state index contributed by atoms with van der Waals surface area (Å²) >= 11 is 0. The number of aromatic nitrogens is 1. The maximum atomic E-state index is 5.97. The van der Waals surface area contributed by atoms with Gasteiger partial charge >= 0.3 is 0 Å². The van der Waals surface area contributed by atoms with Crippen LogP contribution in [-0.4, -0.2) is 36.8 Å². The van der Waals surface area contributed by atoms with Crippen molar-refractivity contribution in [2.75, 3.05) is 18.6 Å². The average molecular weight is 263 g/mol. The lowest BCUT2D eigenvalue weighted by Crippen LogP contribution is -2.37. The quantitative estimate of drug-likeness (QED) is 0.882. The molecule has 2 heterocycles. The Bertz CT molecular complexity index is 393. The molecule has 1 aliphatic heterocycles. The van der Waals surface area contributed by atoms with Crippen molar-refractivity contribution in [2.24, 2.45) is 5.73 Å². The van der Waals surface area contributed by atoms with Crippen LogP contribution < -0.4 is 10.6 Å². The van der Waals surface area contributed by atoms with Crippen LogP contribution in [0.5, 0.6) is 0 Å². The van der Waals surface area contributed by atoms with E-state index in [2.05, 4.69) is 42.9 Å². The standard InChI is InChI=1S/C15H25N3O/c1-4-13(16)9-12-5-6-15(17-10-12)18(3)14-7-8-19-11(14)2/h5-6,10-11,13-14H,4,7-9,16H2,1-3H3. The monoisotopic (exact) mass is 263 g/mol. The number of ether oxygens (including phenoxy) is 1. The van der Waals surface area contributed by atoms with Crippen molar-refractivity contribution in [3.05, 3.63) is 23.9 Å². The highest BCUT2D eigenvalue weighted by Crippen LogP contribution is 2.22. The van der Waals surface area contributed by atoms with Gasteiger partial charge in [0.2, 0.25) is 0 Å². The van der Waals surface area contributed by atoms with Crippen LogP contribution in [0, 0.1) is 0 Å². The Hall–Kier alpha value is -1.13. The zero-order valence-electron chi connectivity index (χ0n) is 12.2. The summed E-state index contributed by atoms with van der Waals surface area (Å²) in [5, 5.41) is 0. The summed E-state index contributed by atoms with van der Waals surface area (Å²) in [5.41, 5.74) is 7.18. The molecule has 1 fully saturated rings. The molecule has 2 N–H and O–H groups in total. The molecule has 1 saturated heterocycles. The molecule has 0 bridgehead atoms. The van der Waals surface area contributed by atoms with Gasteiger partial charge in [0.1, 0.15) is 5.82 Å². The summed E-state index contributed by atoms with van der Waals surface area (Å²) in [5.74, 6) is 1.01. The van der Waals surface area contributed by atoms with Gasteiger partial charge in [0.25, 0.3) is 0 Å². The predicted octanol–water partition coefficient (Wildman–Crippen LogP) is 1.97. The van der Waals surface area contributed by atoms with Gasteiger partial charge in [-0.25, -0.2) is 4.98 Å². The van der Waals surface area contributed by atoms with Crippen molar-refractivity contribution in [1.29, 1.82) is 0 Å². The van der Waals surface area contributed by atoms with Crippen LogP contribution in [0.15, 0.2) is 18.3 Å².